The molecule has 0 bridgehead atoms. The minimum atomic E-state index is 0.446. The fraction of sp³-hybridized carbons (Fsp3) is 0.538. The van der Waals surface area contributed by atoms with E-state index in [1.807, 2.05) is 0 Å². The molecule has 1 unspecified atom stereocenters. The molecule has 0 aromatic heterocycles. The number of hydrogen-bond acceptors (Lipinski definition) is 1. The van der Waals surface area contributed by atoms with Crippen LogP contribution in [0.4, 0.5) is 0 Å². The highest BCUT2D eigenvalue weighted by Gasteiger charge is 2.19. The van der Waals surface area contributed by atoms with Gasteiger partial charge in [-0.15, -0.1) is 0 Å². The van der Waals surface area contributed by atoms with Gasteiger partial charge in [0.2, 0.25) is 0 Å². The molecule has 2 atom stereocenters. The van der Waals surface area contributed by atoms with Gasteiger partial charge in [0.25, 0.3) is 0 Å². The van der Waals surface area contributed by atoms with Crippen molar-refractivity contribution in [1.82, 2.24) is 0 Å². The Morgan fingerprint density at radius 2 is 2.07 bits per heavy atom. The largest absolute Gasteiger partial charge is 0.378 e. The van der Waals surface area contributed by atoms with Gasteiger partial charge in [0.05, 0.1) is 6.10 Å². The van der Waals surface area contributed by atoms with E-state index in [1.54, 1.807) is 0 Å². The molecule has 76 valence electrons. The Labute approximate surface area is 86.1 Å². The zero-order chi connectivity index (χ0) is 9.80. The maximum absolute atomic E-state index is 5.75. The first-order valence-electron chi connectivity index (χ1n) is 5.50. The Morgan fingerprint density at radius 1 is 1.29 bits per heavy atom. The van der Waals surface area contributed by atoms with Crippen LogP contribution in [0.2, 0.25) is 0 Å². The van der Waals surface area contributed by atoms with Crippen LogP contribution in [0.5, 0.6) is 0 Å². The van der Waals surface area contributed by atoms with Gasteiger partial charge < -0.3 is 4.74 Å². The van der Waals surface area contributed by atoms with Crippen LogP contribution in [0, 0.1) is 5.92 Å². The third-order valence-corrected chi connectivity index (χ3v) is 2.94. The standard InChI is InChI=1S/C13H18O/c1-11-7-8-14-13(9-11)10-12-5-3-2-4-6-12/h2-6,11,13H,7-10H2,1H3/t11-,13?/m0/s1. The summed E-state index contributed by atoms with van der Waals surface area (Å²) in [7, 11) is 0. The molecule has 1 aliphatic heterocycles. The summed E-state index contributed by atoms with van der Waals surface area (Å²) in [5.74, 6) is 0.831. The summed E-state index contributed by atoms with van der Waals surface area (Å²) in [6, 6.07) is 10.6. The van der Waals surface area contributed by atoms with E-state index in [0.717, 1.165) is 18.9 Å². The average Bonchev–Trinajstić information content (AvgIpc) is 2.19. The molecule has 0 radical (unpaired) electrons. The number of benzene rings is 1. The number of rotatable bonds is 2. The molecule has 1 nitrogen and oxygen atoms in total. The SMILES string of the molecule is C[C@H]1CCOC(Cc2ccccc2)C1. The van der Waals surface area contributed by atoms with E-state index >= 15 is 0 Å². The van der Waals surface area contributed by atoms with Gasteiger partial charge >= 0.3 is 0 Å². The summed E-state index contributed by atoms with van der Waals surface area (Å²) in [6.45, 7) is 3.26. The van der Waals surface area contributed by atoms with E-state index in [2.05, 4.69) is 37.3 Å². The van der Waals surface area contributed by atoms with Crippen LogP contribution in [0.1, 0.15) is 25.3 Å². The molecule has 1 aromatic rings. The average molecular weight is 190 g/mol. The van der Waals surface area contributed by atoms with Gasteiger partial charge in [-0.05, 0) is 30.7 Å². The molecule has 1 heterocycles. The van der Waals surface area contributed by atoms with Crippen molar-refractivity contribution in [3.63, 3.8) is 0 Å². The van der Waals surface area contributed by atoms with Gasteiger partial charge in [-0.3, -0.25) is 0 Å². The molecule has 0 aliphatic carbocycles. The fourth-order valence-corrected chi connectivity index (χ4v) is 2.09. The van der Waals surface area contributed by atoms with E-state index in [0.29, 0.717) is 6.10 Å². The maximum Gasteiger partial charge on any atom is 0.0618 e. The second kappa shape index (κ2) is 4.61. The Morgan fingerprint density at radius 3 is 2.79 bits per heavy atom. The van der Waals surface area contributed by atoms with E-state index in [1.165, 1.54) is 18.4 Å². The minimum absolute atomic E-state index is 0.446. The normalized spacial score (nSPS) is 27.5. The van der Waals surface area contributed by atoms with E-state index in [9.17, 15) is 0 Å². The van der Waals surface area contributed by atoms with Crippen molar-refractivity contribution in [2.24, 2.45) is 5.92 Å². The second-order valence-electron chi connectivity index (χ2n) is 4.31. The van der Waals surface area contributed by atoms with Gasteiger partial charge in [0.1, 0.15) is 0 Å². The third kappa shape index (κ3) is 2.58. The fourth-order valence-electron chi connectivity index (χ4n) is 2.09. The Bertz CT molecular complexity index is 268. The molecular weight excluding hydrogens is 172 g/mol. The molecule has 0 amide bonds. The Kier molecular flexibility index (Phi) is 3.20. The van der Waals surface area contributed by atoms with E-state index < -0.39 is 0 Å². The van der Waals surface area contributed by atoms with Crippen LogP contribution in [-0.2, 0) is 11.2 Å². The lowest BCUT2D eigenvalue weighted by Gasteiger charge is -2.27. The molecule has 0 N–H and O–H groups in total. The van der Waals surface area contributed by atoms with Crippen molar-refractivity contribution in [1.29, 1.82) is 0 Å². The lowest BCUT2D eigenvalue weighted by molar-refractivity contribution is -0.00410. The predicted octanol–water partition coefficient (Wildman–Crippen LogP) is 3.04. The number of hydrogen-bond donors (Lipinski definition) is 0. The summed E-state index contributed by atoms with van der Waals surface area (Å²) >= 11 is 0. The van der Waals surface area contributed by atoms with Crippen LogP contribution in [0.15, 0.2) is 30.3 Å². The van der Waals surface area contributed by atoms with Crippen LogP contribution in [-0.4, -0.2) is 12.7 Å². The van der Waals surface area contributed by atoms with Gasteiger partial charge in [-0.2, -0.15) is 0 Å². The van der Waals surface area contributed by atoms with E-state index in [-0.39, 0.29) is 0 Å². The first kappa shape index (κ1) is 9.72. The Hall–Kier alpha value is -0.820. The molecule has 14 heavy (non-hydrogen) atoms. The highest BCUT2D eigenvalue weighted by Crippen LogP contribution is 2.21. The minimum Gasteiger partial charge on any atom is -0.378 e. The summed E-state index contributed by atoms with van der Waals surface area (Å²) in [6.07, 6.45) is 3.96. The summed E-state index contributed by atoms with van der Waals surface area (Å²) in [5.41, 5.74) is 1.40. The molecule has 1 aliphatic rings. The lowest BCUT2D eigenvalue weighted by atomic mass is 9.94. The second-order valence-corrected chi connectivity index (χ2v) is 4.31. The zero-order valence-electron chi connectivity index (χ0n) is 8.78. The summed E-state index contributed by atoms with van der Waals surface area (Å²) in [5, 5.41) is 0. The molecule has 0 saturated carbocycles. The smallest absolute Gasteiger partial charge is 0.0618 e. The van der Waals surface area contributed by atoms with E-state index in [4.69, 9.17) is 4.74 Å². The molecule has 1 aromatic carbocycles. The van der Waals surface area contributed by atoms with Crippen molar-refractivity contribution >= 4 is 0 Å². The van der Waals surface area contributed by atoms with Gasteiger partial charge in [-0.1, -0.05) is 37.3 Å². The molecule has 1 fully saturated rings. The van der Waals surface area contributed by atoms with Gasteiger partial charge in [0, 0.05) is 6.61 Å². The summed E-state index contributed by atoms with van der Waals surface area (Å²) < 4.78 is 5.75. The molecular formula is C13H18O. The highest BCUT2D eigenvalue weighted by molar-refractivity contribution is 5.15. The predicted molar refractivity (Wildman–Crippen MR) is 58.3 cm³/mol. The lowest BCUT2D eigenvalue weighted by Crippen LogP contribution is -2.26. The molecule has 2 rings (SSSR count). The first-order valence-corrected chi connectivity index (χ1v) is 5.50. The van der Waals surface area contributed by atoms with Gasteiger partial charge in [-0.25, -0.2) is 0 Å². The number of ether oxygens (including phenoxy) is 1. The van der Waals surface area contributed by atoms with Crippen molar-refractivity contribution in [2.45, 2.75) is 32.3 Å². The topological polar surface area (TPSA) is 9.23 Å². The highest BCUT2D eigenvalue weighted by atomic mass is 16.5. The molecule has 0 spiro atoms. The van der Waals surface area contributed by atoms with Crippen LogP contribution in [0.3, 0.4) is 0 Å². The van der Waals surface area contributed by atoms with Crippen molar-refractivity contribution in [2.75, 3.05) is 6.61 Å². The van der Waals surface area contributed by atoms with Crippen molar-refractivity contribution in [3.05, 3.63) is 35.9 Å². The zero-order valence-corrected chi connectivity index (χ0v) is 8.78. The monoisotopic (exact) mass is 190 g/mol. The quantitative estimate of drug-likeness (QED) is 0.696. The third-order valence-electron chi connectivity index (χ3n) is 2.94. The summed E-state index contributed by atoms with van der Waals surface area (Å²) in [4.78, 5) is 0. The maximum atomic E-state index is 5.75. The molecule has 1 saturated heterocycles. The van der Waals surface area contributed by atoms with Crippen LogP contribution < -0.4 is 0 Å². The van der Waals surface area contributed by atoms with Gasteiger partial charge in [0.15, 0.2) is 0 Å². The van der Waals surface area contributed by atoms with Crippen molar-refractivity contribution < 1.29 is 4.74 Å². The molecule has 1 heteroatoms. The van der Waals surface area contributed by atoms with Crippen LogP contribution >= 0.6 is 0 Å². The van der Waals surface area contributed by atoms with Crippen molar-refractivity contribution in [3.8, 4) is 0 Å². The van der Waals surface area contributed by atoms with Crippen LogP contribution in [0.25, 0.3) is 0 Å². The Balaban J connectivity index is 1.91. The first-order chi connectivity index (χ1) is 6.84.